The summed E-state index contributed by atoms with van der Waals surface area (Å²) in [5, 5.41) is 19.8. The summed E-state index contributed by atoms with van der Waals surface area (Å²) in [4.78, 5) is 40.9. The van der Waals surface area contributed by atoms with E-state index in [1.165, 1.54) is 0 Å². The predicted molar refractivity (Wildman–Crippen MR) is 71.0 cm³/mol. The second kappa shape index (κ2) is 24.2. The quantitative estimate of drug-likeness (QED) is 0.263. The summed E-state index contributed by atoms with van der Waals surface area (Å²) in [5.74, 6) is -2.97. The van der Waals surface area contributed by atoms with Gasteiger partial charge < -0.3 is 29.3 Å². The molecule has 128 valence electrons. The minimum Gasteiger partial charge on any atom is -0.550 e. The van der Waals surface area contributed by atoms with Crippen molar-refractivity contribution in [2.45, 2.75) is 52.4 Å². The molecule has 0 aliphatic rings. The van der Waals surface area contributed by atoms with Crippen molar-refractivity contribution in [1.29, 1.82) is 0 Å². The van der Waals surface area contributed by atoms with Crippen molar-refractivity contribution < 1.29 is 142 Å². The van der Waals surface area contributed by atoms with Crippen molar-refractivity contribution in [1.82, 2.24) is 0 Å². The van der Waals surface area contributed by atoms with E-state index >= 15 is 0 Å². The Kier molecular flexibility index (Phi) is 33.0. The Morgan fingerprint density at radius 3 is 1.17 bits per heavy atom. The number of hydrogen-bond acceptors (Lipinski definition) is 8. The van der Waals surface area contributed by atoms with Crippen LogP contribution in [0, 0.1) is 0 Å². The van der Waals surface area contributed by atoms with Crippen LogP contribution in [0.15, 0.2) is 0 Å². The summed E-state index contributed by atoms with van der Waals surface area (Å²) in [6, 6.07) is 0. The third-order valence-electron chi connectivity index (χ3n) is 2.13. The molecule has 0 N–H and O–H groups in total. The first kappa shape index (κ1) is 32.8. The molecule has 0 bridgehead atoms. The summed E-state index contributed by atoms with van der Waals surface area (Å²) < 4.78 is 9.14. The Morgan fingerprint density at radius 2 is 0.958 bits per heavy atom. The summed E-state index contributed by atoms with van der Waals surface area (Å²) in [6.45, 7) is 4.08. The Balaban J connectivity index is -0.000000154. The van der Waals surface area contributed by atoms with Crippen LogP contribution in [0.1, 0.15) is 52.4 Å². The van der Waals surface area contributed by atoms with Crippen LogP contribution in [-0.4, -0.2) is 37.1 Å². The molecule has 0 rings (SSSR count). The SMILES string of the molecule is CCOC(=O)CCCC(=O)[O-].CCOC(=O)CCCC(=O)[O-].[K+].[K+]. The Morgan fingerprint density at radius 1 is 0.667 bits per heavy atom. The third-order valence-corrected chi connectivity index (χ3v) is 2.13. The average molecular weight is 397 g/mol. The van der Waals surface area contributed by atoms with E-state index in [2.05, 4.69) is 9.47 Å². The van der Waals surface area contributed by atoms with Gasteiger partial charge in [-0.25, -0.2) is 0 Å². The molecule has 24 heavy (non-hydrogen) atoms. The van der Waals surface area contributed by atoms with E-state index in [9.17, 15) is 29.4 Å². The van der Waals surface area contributed by atoms with Crippen LogP contribution in [0.4, 0.5) is 0 Å². The molecule has 0 unspecified atom stereocenters. The summed E-state index contributed by atoms with van der Waals surface area (Å²) in [6.07, 6.45) is 0.726. The van der Waals surface area contributed by atoms with E-state index in [0.717, 1.165) is 0 Å². The number of carboxylic acid groups (broad SMARTS) is 2. The van der Waals surface area contributed by atoms with Gasteiger partial charge in [-0.05, 0) is 39.5 Å². The molecule has 0 aromatic heterocycles. The molecule has 0 saturated carbocycles. The van der Waals surface area contributed by atoms with Crippen molar-refractivity contribution in [2.24, 2.45) is 0 Å². The van der Waals surface area contributed by atoms with Gasteiger partial charge in [0, 0.05) is 24.8 Å². The fraction of sp³-hybridized carbons (Fsp3) is 0.714. The molecule has 8 nitrogen and oxygen atoms in total. The van der Waals surface area contributed by atoms with Crippen molar-refractivity contribution in [2.75, 3.05) is 13.2 Å². The molecule has 0 spiro atoms. The predicted octanol–water partition coefficient (Wildman–Crippen LogP) is -7.05. The van der Waals surface area contributed by atoms with E-state index < -0.39 is 11.9 Å². The van der Waals surface area contributed by atoms with E-state index in [1.807, 2.05) is 0 Å². The number of esters is 2. The first-order chi connectivity index (χ1) is 10.3. The molecule has 0 saturated heterocycles. The van der Waals surface area contributed by atoms with Gasteiger partial charge in [0.15, 0.2) is 0 Å². The van der Waals surface area contributed by atoms with E-state index in [-0.39, 0.29) is 140 Å². The van der Waals surface area contributed by atoms with Gasteiger partial charge in [-0.3, -0.25) is 9.59 Å². The molecule has 0 aromatic carbocycles. The van der Waals surface area contributed by atoms with Crippen molar-refractivity contribution in [3.63, 3.8) is 0 Å². The first-order valence-corrected chi connectivity index (χ1v) is 7.04. The van der Waals surface area contributed by atoms with Gasteiger partial charge >= 0.3 is 115 Å². The van der Waals surface area contributed by atoms with Gasteiger partial charge in [-0.2, -0.15) is 0 Å². The molecule has 0 aromatic rings. The number of carbonyl (C=O) groups excluding carboxylic acids is 4. The van der Waals surface area contributed by atoms with Crippen LogP contribution in [0.3, 0.4) is 0 Å². The van der Waals surface area contributed by atoms with Crippen molar-refractivity contribution >= 4 is 23.9 Å². The largest absolute Gasteiger partial charge is 1.00 e. The normalized spacial score (nSPS) is 8.42. The maximum Gasteiger partial charge on any atom is 1.00 e. The van der Waals surface area contributed by atoms with Crippen LogP contribution in [-0.2, 0) is 28.7 Å². The number of aliphatic carboxylic acids is 2. The number of carboxylic acids is 2. The summed E-state index contributed by atoms with van der Waals surface area (Å²) in [5.41, 5.74) is 0. The zero-order valence-electron chi connectivity index (χ0n) is 14.9. The number of carbonyl (C=O) groups is 4. The molecular weight excluding hydrogens is 374 g/mol. The second-order valence-electron chi connectivity index (χ2n) is 4.06. The maximum atomic E-state index is 10.6. The van der Waals surface area contributed by atoms with Crippen molar-refractivity contribution in [3.8, 4) is 0 Å². The molecular formula is C14H22K2O8. The van der Waals surface area contributed by atoms with Crippen molar-refractivity contribution in [3.05, 3.63) is 0 Å². The molecule has 0 aliphatic heterocycles. The van der Waals surface area contributed by atoms with E-state index in [4.69, 9.17) is 0 Å². The first-order valence-electron chi connectivity index (χ1n) is 7.04. The van der Waals surface area contributed by atoms with Gasteiger partial charge in [-0.1, -0.05) is 0 Å². The maximum absolute atomic E-state index is 10.6. The Bertz CT molecular complexity index is 327. The van der Waals surface area contributed by atoms with Crippen LogP contribution >= 0.6 is 0 Å². The zero-order valence-corrected chi connectivity index (χ0v) is 21.2. The van der Waals surface area contributed by atoms with Gasteiger partial charge in [0.1, 0.15) is 0 Å². The Hall–Kier alpha value is 1.15. The Labute approximate surface area is 227 Å². The number of ether oxygens (including phenoxy) is 2. The van der Waals surface area contributed by atoms with Crippen LogP contribution in [0.2, 0.25) is 0 Å². The van der Waals surface area contributed by atoms with Crippen LogP contribution < -0.4 is 113 Å². The summed E-state index contributed by atoms with van der Waals surface area (Å²) in [7, 11) is 0. The van der Waals surface area contributed by atoms with E-state index in [0.29, 0.717) is 26.1 Å². The van der Waals surface area contributed by atoms with Crippen LogP contribution in [0.25, 0.3) is 0 Å². The summed E-state index contributed by atoms with van der Waals surface area (Å²) >= 11 is 0. The minimum absolute atomic E-state index is 0. The second-order valence-corrected chi connectivity index (χ2v) is 4.06. The molecule has 10 heteroatoms. The minimum atomic E-state index is -1.13. The van der Waals surface area contributed by atoms with Gasteiger partial charge in [0.2, 0.25) is 0 Å². The monoisotopic (exact) mass is 396 g/mol. The molecule has 0 aliphatic carbocycles. The van der Waals surface area contributed by atoms with Gasteiger partial charge in [0.25, 0.3) is 0 Å². The van der Waals surface area contributed by atoms with Gasteiger partial charge in [0.05, 0.1) is 13.2 Å². The number of rotatable bonds is 10. The molecule has 0 amide bonds. The fourth-order valence-electron chi connectivity index (χ4n) is 1.22. The standard InChI is InChI=1S/2C7H12O4.2K/c2*1-2-11-7(10)5-3-4-6(8)9;;/h2*2-5H2,1H3,(H,8,9);;/q;;2*+1/p-2. The molecule has 0 fully saturated rings. The fourth-order valence-corrected chi connectivity index (χ4v) is 1.22. The molecule has 0 radical (unpaired) electrons. The molecule has 0 heterocycles. The zero-order chi connectivity index (χ0) is 17.4. The van der Waals surface area contributed by atoms with Gasteiger partial charge in [-0.15, -0.1) is 0 Å². The topological polar surface area (TPSA) is 133 Å². The molecule has 0 atom stereocenters. The smallest absolute Gasteiger partial charge is 0.550 e. The van der Waals surface area contributed by atoms with E-state index in [1.54, 1.807) is 13.8 Å². The van der Waals surface area contributed by atoms with Crippen LogP contribution in [0.5, 0.6) is 0 Å². The third kappa shape index (κ3) is 31.0. The number of hydrogen-bond donors (Lipinski definition) is 0. The average Bonchev–Trinajstić information content (AvgIpc) is 2.39.